The van der Waals surface area contributed by atoms with Crippen molar-refractivity contribution >= 4 is 29.2 Å². The molecule has 6 nitrogen and oxygen atoms in total. The fourth-order valence-electron chi connectivity index (χ4n) is 2.25. The number of rotatable bonds is 5. The van der Waals surface area contributed by atoms with Gasteiger partial charge in [0.1, 0.15) is 23.9 Å². The average molecular weight is 362 g/mol. The first-order chi connectivity index (χ1) is 12.3. The number of carbonyl (C=O) groups excluding carboxylic acids is 3. The Morgan fingerprint density at radius 1 is 1.04 bits per heavy atom. The Morgan fingerprint density at radius 2 is 1.62 bits per heavy atom. The Kier molecular flexibility index (Phi) is 6.00. The Bertz CT molecular complexity index is 817. The van der Waals surface area contributed by atoms with Gasteiger partial charge in [-0.25, -0.2) is 13.6 Å². The normalized spacial score (nSPS) is 10.2. The lowest BCUT2D eigenvalue weighted by molar-refractivity contribution is -0.120. The van der Waals surface area contributed by atoms with E-state index in [4.69, 9.17) is 0 Å². The summed E-state index contributed by atoms with van der Waals surface area (Å²) in [5.74, 6) is -3.77. The molecule has 8 heteroatoms. The zero-order valence-electron chi connectivity index (χ0n) is 14.1. The third kappa shape index (κ3) is 4.41. The van der Waals surface area contributed by atoms with Crippen molar-refractivity contribution < 1.29 is 27.9 Å². The molecule has 0 heterocycles. The third-order valence-corrected chi connectivity index (χ3v) is 3.48. The molecule has 0 unspecified atom stereocenters. The lowest BCUT2D eigenvalue weighted by atomic mass is 10.2. The number of halogens is 2. The van der Waals surface area contributed by atoms with Crippen LogP contribution in [0.5, 0.6) is 0 Å². The number of nitrogens with zero attached hydrogens (tertiary/aromatic N) is 1. The highest BCUT2D eigenvalue weighted by atomic mass is 19.1. The number of hydrogen-bond donors (Lipinski definition) is 1. The number of para-hydroxylation sites is 1. The quantitative estimate of drug-likeness (QED) is 0.830. The van der Waals surface area contributed by atoms with Crippen molar-refractivity contribution in [1.82, 2.24) is 0 Å². The average Bonchev–Trinajstić information content (AvgIpc) is 2.60. The van der Waals surface area contributed by atoms with Crippen LogP contribution in [-0.2, 0) is 14.3 Å². The van der Waals surface area contributed by atoms with E-state index in [1.165, 1.54) is 31.4 Å². The fourth-order valence-corrected chi connectivity index (χ4v) is 2.25. The van der Waals surface area contributed by atoms with Gasteiger partial charge in [0.15, 0.2) is 0 Å². The summed E-state index contributed by atoms with van der Waals surface area (Å²) in [7, 11) is 1.25. The van der Waals surface area contributed by atoms with E-state index in [-0.39, 0.29) is 0 Å². The maximum atomic E-state index is 13.9. The highest BCUT2D eigenvalue weighted by molar-refractivity contribution is 6.02. The van der Waals surface area contributed by atoms with E-state index >= 15 is 0 Å². The number of benzene rings is 2. The highest BCUT2D eigenvalue weighted by Crippen LogP contribution is 2.23. The Balaban J connectivity index is 2.14. The summed E-state index contributed by atoms with van der Waals surface area (Å²) < 4.78 is 32.3. The molecule has 26 heavy (non-hydrogen) atoms. The standard InChI is InChI=1S/C18H16F2N2O4/c1-11(23)22(17-14(19)4-3-5-15(17)20)10-16(24)21-13-8-6-12(7-9-13)18(25)26-2/h3-9H,10H2,1-2H3,(H,21,24). The molecule has 2 aromatic carbocycles. The fraction of sp³-hybridized carbons (Fsp3) is 0.167. The number of nitrogens with one attached hydrogen (secondary N) is 1. The molecule has 0 aromatic heterocycles. The van der Waals surface area contributed by atoms with E-state index in [9.17, 15) is 23.2 Å². The van der Waals surface area contributed by atoms with E-state index in [1.807, 2.05) is 0 Å². The topological polar surface area (TPSA) is 75.7 Å². The zero-order chi connectivity index (χ0) is 19.3. The van der Waals surface area contributed by atoms with Crippen LogP contribution in [0, 0.1) is 11.6 Å². The first kappa shape index (κ1) is 19.0. The number of hydrogen-bond acceptors (Lipinski definition) is 4. The van der Waals surface area contributed by atoms with E-state index in [0.29, 0.717) is 16.2 Å². The van der Waals surface area contributed by atoms with Crippen LogP contribution in [0.1, 0.15) is 17.3 Å². The molecule has 0 aliphatic carbocycles. The number of methoxy groups -OCH3 is 1. The molecule has 0 saturated carbocycles. The summed E-state index contributed by atoms with van der Waals surface area (Å²) in [4.78, 5) is 36.0. The molecule has 0 bridgehead atoms. The van der Waals surface area contributed by atoms with Gasteiger partial charge < -0.3 is 10.1 Å². The van der Waals surface area contributed by atoms with Crippen molar-refractivity contribution in [3.63, 3.8) is 0 Å². The van der Waals surface area contributed by atoms with Gasteiger partial charge in [0.25, 0.3) is 0 Å². The molecule has 0 aliphatic heterocycles. The highest BCUT2D eigenvalue weighted by Gasteiger charge is 2.22. The van der Waals surface area contributed by atoms with E-state index in [1.54, 1.807) is 0 Å². The Labute approximate surface area is 148 Å². The minimum absolute atomic E-state index is 0.296. The number of carbonyl (C=O) groups is 3. The van der Waals surface area contributed by atoms with Gasteiger partial charge in [-0.2, -0.15) is 0 Å². The zero-order valence-corrected chi connectivity index (χ0v) is 14.1. The van der Waals surface area contributed by atoms with E-state index in [0.717, 1.165) is 25.1 Å². The predicted molar refractivity (Wildman–Crippen MR) is 90.8 cm³/mol. The second-order valence-corrected chi connectivity index (χ2v) is 5.29. The molecule has 2 rings (SSSR count). The largest absolute Gasteiger partial charge is 0.465 e. The van der Waals surface area contributed by atoms with Crippen LogP contribution in [0.15, 0.2) is 42.5 Å². The van der Waals surface area contributed by atoms with Crippen molar-refractivity contribution in [2.24, 2.45) is 0 Å². The monoisotopic (exact) mass is 362 g/mol. The Hall–Kier alpha value is -3.29. The maximum Gasteiger partial charge on any atom is 0.337 e. The lowest BCUT2D eigenvalue weighted by Crippen LogP contribution is -2.37. The van der Waals surface area contributed by atoms with Crippen LogP contribution in [0.2, 0.25) is 0 Å². The van der Waals surface area contributed by atoms with Gasteiger partial charge in [0.05, 0.1) is 12.7 Å². The summed E-state index contributed by atoms with van der Waals surface area (Å²) in [5, 5.41) is 2.49. The SMILES string of the molecule is COC(=O)c1ccc(NC(=O)CN(C(C)=O)c2c(F)cccc2F)cc1. The van der Waals surface area contributed by atoms with Crippen LogP contribution in [0.4, 0.5) is 20.2 Å². The molecule has 0 spiro atoms. The summed E-state index contributed by atoms with van der Waals surface area (Å²) in [5.41, 5.74) is 0.0561. The minimum Gasteiger partial charge on any atom is -0.465 e. The number of anilines is 2. The second-order valence-electron chi connectivity index (χ2n) is 5.29. The molecule has 2 amide bonds. The Morgan fingerprint density at radius 3 is 2.12 bits per heavy atom. The minimum atomic E-state index is -0.949. The molecule has 0 radical (unpaired) electrons. The molecule has 0 saturated heterocycles. The van der Waals surface area contributed by atoms with Gasteiger partial charge >= 0.3 is 5.97 Å². The van der Waals surface area contributed by atoms with Crippen LogP contribution in [-0.4, -0.2) is 31.4 Å². The predicted octanol–water partition coefficient (Wildman–Crippen LogP) is 2.74. The van der Waals surface area contributed by atoms with Gasteiger partial charge in [-0.1, -0.05) is 6.07 Å². The number of amides is 2. The van der Waals surface area contributed by atoms with Gasteiger partial charge in [-0.15, -0.1) is 0 Å². The summed E-state index contributed by atoms with van der Waals surface area (Å²) in [6.07, 6.45) is 0. The summed E-state index contributed by atoms with van der Waals surface area (Å²) in [6.45, 7) is 0.524. The molecule has 0 atom stereocenters. The first-order valence-corrected chi connectivity index (χ1v) is 7.54. The maximum absolute atomic E-state index is 13.9. The van der Waals surface area contributed by atoms with Crippen LogP contribution >= 0.6 is 0 Å². The summed E-state index contributed by atoms with van der Waals surface area (Å²) >= 11 is 0. The summed E-state index contributed by atoms with van der Waals surface area (Å²) in [6, 6.07) is 8.98. The van der Waals surface area contributed by atoms with E-state index in [2.05, 4.69) is 10.1 Å². The second kappa shape index (κ2) is 8.19. The number of ether oxygens (including phenoxy) is 1. The van der Waals surface area contributed by atoms with Crippen LogP contribution in [0.25, 0.3) is 0 Å². The molecule has 1 N–H and O–H groups in total. The lowest BCUT2D eigenvalue weighted by Gasteiger charge is -2.21. The van der Waals surface area contributed by atoms with Crippen molar-refractivity contribution in [1.29, 1.82) is 0 Å². The van der Waals surface area contributed by atoms with Crippen molar-refractivity contribution in [2.75, 3.05) is 23.9 Å². The van der Waals surface area contributed by atoms with Crippen LogP contribution in [0.3, 0.4) is 0 Å². The third-order valence-electron chi connectivity index (χ3n) is 3.48. The van der Waals surface area contributed by atoms with Gasteiger partial charge in [0.2, 0.25) is 11.8 Å². The molecule has 0 aliphatic rings. The molecular formula is C18H16F2N2O4. The molecule has 136 valence electrons. The first-order valence-electron chi connectivity index (χ1n) is 7.54. The van der Waals surface area contributed by atoms with E-state index < -0.39 is 41.7 Å². The number of esters is 1. The van der Waals surface area contributed by atoms with Crippen molar-refractivity contribution in [2.45, 2.75) is 6.92 Å². The van der Waals surface area contributed by atoms with Crippen molar-refractivity contribution in [3.05, 3.63) is 59.7 Å². The smallest absolute Gasteiger partial charge is 0.337 e. The van der Waals surface area contributed by atoms with Crippen LogP contribution < -0.4 is 10.2 Å². The van der Waals surface area contributed by atoms with Crippen molar-refractivity contribution in [3.8, 4) is 0 Å². The van der Waals surface area contributed by atoms with Gasteiger partial charge in [-0.3, -0.25) is 14.5 Å². The molecular weight excluding hydrogens is 346 g/mol. The molecule has 2 aromatic rings. The molecule has 0 fully saturated rings. The van der Waals surface area contributed by atoms with Gasteiger partial charge in [-0.05, 0) is 36.4 Å². The van der Waals surface area contributed by atoms with Gasteiger partial charge in [0, 0.05) is 12.6 Å².